The van der Waals surface area contributed by atoms with E-state index in [1.165, 1.54) is 0 Å². The summed E-state index contributed by atoms with van der Waals surface area (Å²) in [4.78, 5) is 4.95. The van der Waals surface area contributed by atoms with E-state index in [4.69, 9.17) is 23.8 Å². The van der Waals surface area contributed by atoms with Crippen molar-refractivity contribution in [2.75, 3.05) is 18.5 Å². The highest BCUT2D eigenvalue weighted by Gasteiger charge is 2.41. The number of hydrogen-bond donors (Lipinski definition) is 2. The maximum Gasteiger partial charge on any atom is 0.126 e. The Hall–Kier alpha value is -0.580. The number of aromatic nitrogens is 1. The quantitative estimate of drug-likeness (QED) is 0.802. The fraction of sp³-hybridized carbons (Fsp3) is 0.500. The van der Waals surface area contributed by atoms with Gasteiger partial charge in [-0.1, -0.05) is 23.8 Å². The molecule has 0 spiro atoms. The number of anilines is 1. The third-order valence-corrected chi connectivity index (χ3v) is 3.45. The van der Waals surface area contributed by atoms with Crippen molar-refractivity contribution in [1.82, 2.24) is 4.98 Å². The fourth-order valence-electron chi connectivity index (χ4n) is 1.55. The monoisotopic (exact) mass is 244 g/mol. The van der Waals surface area contributed by atoms with Gasteiger partial charge in [0.25, 0.3) is 0 Å². The summed E-state index contributed by atoms with van der Waals surface area (Å²) in [5.74, 6) is 0.768. The topological polar surface area (TPSA) is 39.3 Å². The average molecular weight is 245 g/mol. The number of aliphatic hydroxyl groups is 1. The number of rotatable bonds is 3. The van der Waals surface area contributed by atoms with Gasteiger partial charge in [0, 0.05) is 19.8 Å². The number of nitrogens with one attached hydrogen (secondary N) is 1. The van der Waals surface area contributed by atoms with E-state index in [9.17, 15) is 5.11 Å². The summed E-state index contributed by atoms with van der Waals surface area (Å²) in [6.07, 6.45) is 3.49. The molecule has 1 saturated carbocycles. The Balaban J connectivity index is 2.21. The third kappa shape index (κ3) is 2.33. The van der Waals surface area contributed by atoms with E-state index in [2.05, 4.69) is 4.98 Å². The standard InChI is InChI=1S/C10H13ClN2OS/c1-13(6-10(14)3-4-10)9-8(11)7(15)2-5-12-9/h2,5,14H,3-4,6H2,1H3,(H,12,15). The molecule has 0 saturated heterocycles. The molecule has 0 aromatic carbocycles. The van der Waals surface area contributed by atoms with Gasteiger partial charge in [-0.25, -0.2) is 0 Å². The molecular weight excluding hydrogens is 232 g/mol. The summed E-state index contributed by atoms with van der Waals surface area (Å²) in [5, 5.41) is 10.3. The minimum atomic E-state index is -0.524. The summed E-state index contributed by atoms with van der Waals surface area (Å²) in [5.41, 5.74) is -0.524. The molecule has 82 valence electrons. The van der Waals surface area contributed by atoms with E-state index in [-0.39, 0.29) is 0 Å². The molecular formula is C10H13ClN2OS. The van der Waals surface area contributed by atoms with Gasteiger partial charge in [-0.05, 0) is 18.9 Å². The van der Waals surface area contributed by atoms with Crippen LogP contribution in [0.4, 0.5) is 5.82 Å². The Labute approximate surface area is 98.7 Å². The van der Waals surface area contributed by atoms with E-state index >= 15 is 0 Å². The van der Waals surface area contributed by atoms with Crippen LogP contribution in [0.25, 0.3) is 0 Å². The van der Waals surface area contributed by atoms with Crippen LogP contribution in [0, 0.1) is 4.51 Å². The number of likely N-dealkylation sites (N-methyl/N-ethyl adjacent to an activating group) is 1. The minimum Gasteiger partial charge on any atom is -0.388 e. The first-order valence-corrected chi connectivity index (χ1v) is 5.61. The normalized spacial score (nSPS) is 17.5. The molecule has 1 aliphatic rings. The van der Waals surface area contributed by atoms with Gasteiger partial charge in [0.15, 0.2) is 0 Å². The summed E-state index contributed by atoms with van der Waals surface area (Å²) in [6.45, 7) is 0.585. The highest BCUT2D eigenvalue weighted by Crippen LogP contribution is 2.37. The molecule has 1 aliphatic carbocycles. The second-order valence-corrected chi connectivity index (χ2v) is 4.90. The lowest BCUT2D eigenvalue weighted by Gasteiger charge is -2.22. The van der Waals surface area contributed by atoms with Crippen molar-refractivity contribution in [2.45, 2.75) is 18.4 Å². The first kappa shape index (κ1) is 10.9. The van der Waals surface area contributed by atoms with E-state index in [1.807, 2.05) is 11.9 Å². The van der Waals surface area contributed by atoms with Gasteiger partial charge in [-0.3, -0.25) is 0 Å². The van der Waals surface area contributed by atoms with Gasteiger partial charge >= 0.3 is 0 Å². The molecule has 1 heterocycles. The minimum absolute atomic E-state index is 0.524. The maximum atomic E-state index is 9.80. The van der Waals surface area contributed by atoms with Crippen molar-refractivity contribution in [3.05, 3.63) is 21.8 Å². The number of H-pyrrole nitrogens is 1. The molecule has 1 aromatic rings. The summed E-state index contributed by atoms with van der Waals surface area (Å²) in [6, 6.07) is 1.75. The largest absolute Gasteiger partial charge is 0.388 e. The number of pyridine rings is 1. The molecule has 5 heteroatoms. The van der Waals surface area contributed by atoms with Gasteiger partial charge in [0.05, 0.1) is 15.1 Å². The van der Waals surface area contributed by atoms with Crippen LogP contribution in [0.3, 0.4) is 0 Å². The van der Waals surface area contributed by atoms with Crippen LogP contribution in [0.1, 0.15) is 12.8 Å². The van der Waals surface area contributed by atoms with E-state index in [0.717, 1.165) is 18.7 Å². The molecule has 15 heavy (non-hydrogen) atoms. The van der Waals surface area contributed by atoms with Gasteiger partial charge in [-0.15, -0.1) is 0 Å². The molecule has 0 aliphatic heterocycles. The van der Waals surface area contributed by atoms with Crippen molar-refractivity contribution in [1.29, 1.82) is 0 Å². The van der Waals surface area contributed by atoms with Gasteiger partial charge < -0.3 is 15.0 Å². The lowest BCUT2D eigenvalue weighted by Crippen LogP contribution is -2.31. The second kappa shape index (κ2) is 3.77. The summed E-state index contributed by atoms with van der Waals surface area (Å²) in [7, 11) is 1.89. The zero-order chi connectivity index (χ0) is 11.1. The molecule has 1 fully saturated rings. The second-order valence-electron chi connectivity index (χ2n) is 4.08. The number of aromatic amines is 1. The van der Waals surface area contributed by atoms with E-state index in [1.54, 1.807) is 12.3 Å². The zero-order valence-corrected chi connectivity index (χ0v) is 10.0. The summed E-state index contributed by atoms with van der Waals surface area (Å²) >= 11 is 11.2. The summed E-state index contributed by atoms with van der Waals surface area (Å²) < 4.78 is 0.625. The molecule has 0 bridgehead atoms. The Morgan fingerprint density at radius 3 is 2.93 bits per heavy atom. The fourth-order valence-corrected chi connectivity index (χ4v) is 1.98. The highest BCUT2D eigenvalue weighted by molar-refractivity contribution is 7.71. The third-order valence-electron chi connectivity index (χ3n) is 2.62. The number of hydrogen-bond acceptors (Lipinski definition) is 3. The van der Waals surface area contributed by atoms with Crippen molar-refractivity contribution in [3.63, 3.8) is 0 Å². The van der Waals surface area contributed by atoms with Crippen LogP contribution in [-0.4, -0.2) is 29.3 Å². The van der Waals surface area contributed by atoms with Crippen molar-refractivity contribution >= 4 is 29.6 Å². The Morgan fingerprint density at radius 2 is 2.33 bits per heavy atom. The first-order valence-electron chi connectivity index (χ1n) is 4.83. The SMILES string of the molecule is CN(CC1(O)CC1)c1[nH]ccc(=S)c1Cl. The zero-order valence-electron chi connectivity index (χ0n) is 8.46. The van der Waals surface area contributed by atoms with Crippen LogP contribution in [0.15, 0.2) is 12.3 Å². The maximum absolute atomic E-state index is 9.80. The van der Waals surface area contributed by atoms with Crippen LogP contribution >= 0.6 is 23.8 Å². The molecule has 1 aromatic heterocycles. The number of halogens is 1. The lowest BCUT2D eigenvalue weighted by molar-refractivity contribution is 0.157. The molecule has 3 nitrogen and oxygen atoms in total. The van der Waals surface area contributed by atoms with Crippen LogP contribution in [0.5, 0.6) is 0 Å². The molecule has 2 N–H and O–H groups in total. The Bertz CT molecular complexity index is 428. The Morgan fingerprint density at radius 1 is 1.67 bits per heavy atom. The van der Waals surface area contributed by atoms with Crippen molar-refractivity contribution < 1.29 is 5.11 Å². The molecule has 0 atom stereocenters. The lowest BCUT2D eigenvalue weighted by atomic mass is 10.3. The van der Waals surface area contributed by atoms with E-state index in [0.29, 0.717) is 16.1 Å². The predicted molar refractivity (Wildman–Crippen MR) is 64.1 cm³/mol. The predicted octanol–water partition coefficient (Wildman–Crippen LogP) is 2.36. The first-order chi connectivity index (χ1) is 7.02. The molecule has 0 amide bonds. The number of nitrogens with zero attached hydrogens (tertiary/aromatic N) is 1. The van der Waals surface area contributed by atoms with Gasteiger partial charge in [-0.2, -0.15) is 0 Å². The molecule has 0 radical (unpaired) electrons. The van der Waals surface area contributed by atoms with Crippen molar-refractivity contribution in [2.24, 2.45) is 0 Å². The van der Waals surface area contributed by atoms with Gasteiger partial charge in [0.2, 0.25) is 0 Å². The smallest absolute Gasteiger partial charge is 0.126 e. The average Bonchev–Trinajstić information content (AvgIpc) is 2.88. The van der Waals surface area contributed by atoms with Crippen LogP contribution in [0.2, 0.25) is 5.02 Å². The van der Waals surface area contributed by atoms with Crippen LogP contribution < -0.4 is 4.90 Å². The highest BCUT2D eigenvalue weighted by atomic mass is 35.5. The van der Waals surface area contributed by atoms with E-state index < -0.39 is 5.60 Å². The Kier molecular flexibility index (Phi) is 2.75. The van der Waals surface area contributed by atoms with Gasteiger partial charge in [0.1, 0.15) is 5.82 Å². The van der Waals surface area contributed by atoms with Crippen molar-refractivity contribution in [3.8, 4) is 0 Å². The van der Waals surface area contributed by atoms with Crippen LogP contribution in [-0.2, 0) is 0 Å². The molecule has 0 unspecified atom stereocenters. The molecule has 2 rings (SSSR count).